The fourth-order valence-electron chi connectivity index (χ4n) is 1.99. The van der Waals surface area contributed by atoms with Crippen LogP contribution in [0, 0.1) is 0 Å². The number of nitrogens with zero attached hydrogens (tertiary/aromatic N) is 1. The van der Waals surface area contributed by atoms with E-state index in [4.69, 9.17) is 5.73 Å². The third kappa shape index (κ3) is 6.54. The molecule has 2 amide bonds. The van der Waals surface area contributed by atoms with Crippen molar-refractivity contribution in [2.45, 2.75) is 25.8 Å². The molecular weight excluding hydrogens is 252 g/mol. The molecule has 0 aliphatic heterocycles. The quantitative estimate of drug-likeness (QED) is 0.638. The van der Waals surface area contributed by atoms with E-state index in [9.17, 15) is 4.79 Å². The Morgan fingerprint density at radius 3 is 2.45 bits per heavy atom. The number of hydrogen-bond acceptors (Lipinski definition) is 3. The molecule has 0 bridgehead atoms. The number of benzene rings is 1. The monoisotopic (exact) mass is 278 g/mol. The van der Waals surface area contributed by atoms with E-state index in [1.165, 1.54) is 18.4 Å². The van der Waals surface area contributed by atoms with E-state index < -0.39 is 6.03 Å². The summed E-state index contributed by atoms with van der Waals surface area (Å²) in [7, 11) is 4.19. The fourth-order valence-corrected chi connectivity index (χ4v) is 1.99. The lowest BCUT2D eigenvalue weighted by Gasteiger charge is -2.15. The van der Waals surface area contributed by atoms with Crippen LogP contribution in [-0.4, -0.2) is 38.1 Å². The molecule has 1 unspecified atom stereocenters. The Balaban J connectivity index is 2.32. The van der Waals surface area contributed by atoms with Crippen LogP contribution < -0.4 is 16.4 Å². The Morgan fingerprint density at radius 2 is 1.90 bits per heavy atom. The van der Waals surface area contributed by atoms with Gasteiger partial charge in [-0.1, -0.05) is 12.1 Å². The van der Waals surface area contributed by atoms with Gasteiger partial charge in [-0.3, -0.25) is 0 Å². The van der Waals surface area contributed by atoms with E-state index in [1.54, 1.807) is 0 Å². The first kappa shape index (κ1) is 16.5. The minimum atomic E-state index is -0.537. The van der Waals surface area contributed by atoms with Gasteiger partial charge in [-0.2, -0.15) is 0 Å². The second-order valence-electron chi connectivity index (χ2n) is 5.30. The first-order valence-corrected chi connectivity index (χ1v) is 7.03. The van der Waals surface area contributed by atoms with Crippen LogP contribution in [0.5, 0.6) is 0 Å². The summed E-state index contributed by atoms with van der Waals surface area (Å²) in [5, 5.41) is 6.06. The Kier molecular flexibility index (Phi) is 7.04. The molecule has 0 aliphatic rings. The molecule has 1 aromatic carbocycles. The molecule has 4 N–H and O–H groups in total. The standard InChI is InChI=1S/C15H26N4O/c1-12(17-10-4-5-11-19(2)3)13-6-8-14(9-7-13)18-15(16)20/h6-9,12,17H,4-5,10-11H2,1-3H3,(H3,16,18,20). The zero-order valence-electron chi connectivity index (χ0n) is 12.6. The van der Waals surface area contributed by atoms with Gasteiger partial charge in [0.25, 0.3) is 0 Å². The number of carbonyl (C=O) groups is 1. The van der Waals surface area contributed by atoms with Gasteiger partial charge in [-0.25, -0.2) is 4.79 Å². The van der Waals surface area contributed by atoms with Gasteiger partial charge >= 0.3 is 6.03 Å². The van der Waals surface area contributed by atoms with E-state index in [2.05, 4.69) is 36.6 Å². The zero-order chi connectivity index (χ0) is 15.0. The molecule has 0 saturated heterocycles. The minimum Gasteiger partial charge on any atom is -0.351 e. The zero-order valence-corrected chi connectivity index (χ0v) is 12.6. The van der Waals surface area contributed by atoms with Crippen molar-refractivity contribution < 1.29 is 4.79 Å². The van der Waals surface area contributed by atoms with Crippen molar-refractivity contribution in [1.82, 2.24) is 10.2 Å². The van der Waals surface area contributed by atoms with E-state index >= 15 is 0 Å². The molecule has 1 atom stereocenters. The highest BCUT2D eigenvalue weighted by Gasteiger charge is 2.04. The normalized spacial score (nSPS) is 12.4. The summed E-state index contributed by atoms with van der Waals surface area (Å²) in [6.07, 6.45) is 2.37. The molecule has 0 heterocycles. The molecule has 5 heteroatoms. The Morgan fingerprint density at radius 1 is 1.25 bits per heavy atom. The molecule has 112 valence electrons. The molecule has 20 heavy (non-hydrogen) atoms. The van der Waals surface area contributed by atoms with Gasteiger partial charge in [-0.15, -0.1) is 0 Å². The number of nitrogens with one attached hydrogen (secondary N) is 2. The van der Waals surface area contributed by atoms with Crippen molar-refractivity contribution >= 4 is 11.7 Å². The molecule has 0 saturated carbocycles. The smallest absolute Gasteiger partial charge is 0.316 e. The van der Waals surface area contributed by atoms with Crippen LogP contribution in [0.4, 0.5) is 10.5 Å². The van der Waals surface area contributed by atoms with Crippen molar-refractivity contribution in [2.24, 2.45) is 5.73 Å². The average molecular weight is 278 g/mol. The number of carbonyl (C=O) groups excluding carboxylic acids is 1. The highest BCUT2D eigenvalue weighted by atomic mass is 16.2. The first-order chi connectivity index (χ1) is 9.49. The molecule has 0 aliphatic carbocycles. The number of anilines is 1. The van der Waals surface area contributed by atoms with Crippen LogP contribution in [-0.2, 0) is 0 Å². The van der Waals surface area contributed by atoms with E-state index in [0.717, 1.165) is 18.8 Å². The van der Waals surface area contributed by atoms with Crippen LogP contribution in [0.15, 0.2) is 24.3 Å². The van der Waals surface area contributed by atoms with Gasteiger partial charge < -0.3 is 21.3 Å². The van der Waals surface area contributed by atoms with Crippen molar-refractivity contribution in [3.63, 3.8) is 0 Å². The van der Waals surface area contributed by atoms with Gasteiger partial charge in [-0.05, 0) is 64.6 Å². The average Bonchev–Trinajstić information content (AvgIpc) is 2.38. The SMILES string of the molecule is CC(NCCCCN(C)C)c1ccc(NC(N)=O)cc1. The number of unbranched alkanes of at least 4 members (excludes halogenated alkanes) is 1. The second-order valence-corrected chi connectivity index (χ2v) is 5.30. The van der Waals surface area contributed by atoms with Crippen molar-refractivity contribution in [3.05, 3.63) is 29.8 Å². The summed E-state index contributed by atoms with van der Waals surface area (Å²) in [4.78, 5) is 12.9. The fraction of sp³-hybridized carbons (Fsp3) is 0.533. The van der Waals surface area contributed by atoms with Crippen LogP contribution in [0.3, 0.4) is 0 Å². The number of primary amides is 1. The highest BCUT2D eigenvalue weighted by Crippen LogP contribution is 2.15. The molecular formula is C15H26N4O. The number of nitrogens with two attached hydrogens (primary N) is 1. The summed E-state index contributed by atoms with van der Waals surface area (Å²) in [6.45, 7) is 4.28. The lowest BCUT2D eigenvalue weighted by Crippen LogP contribution is -2.21. The summed E-state index contributed by atoms with van der Waals surface area (Å²) >= 11 is 0. The Bertz CT molecular complexity index is 403. The van der Waals surface area contributed by atoms with Gasteiger partial charge in [0, 0.05) is 11.7 Å². The third-order valence-corrected chi connectivity index (χ3v) is 3.16. The highest BCUT2D eigenvalue weighted by molar-refractivity contribution is 5.87. The van der Waals surface area contributed by atoms with E-state index in [-0.39, 0.29) is 0 Å². The molecule has 1 rings (SSSR count). The van der Waals surface area contributed by atoms with Gasteiger partial charge in [0.2, 0.25) is 0 Å². The number of amides is 2. The lowest BCUT2D eigenvalue weighted by atomic mass is 10.1. The van der Waals surface area contributed by atoms with Crippen LogP contribution in [0.25, 0.3) is 0 Å². The molecule has 0 radical (unpaired) electrons. The van der Waals surface area contributed by atoms with Gasteiger partial charge in [0.1, 0.15) is 0 Å². The lowest BCUT2D eigenvalue weighted by molar-refractivity contribution is 0.259. The first-order valence-electron chi connectivity index (χ1n) is 7.03. The maximum atomic E-state index is 10.7. The largest absolute Gasteiger partial charge is 0.351 e. The predicted octanol–water partition coefficient (Wildman–Crippen LogP) is 2.17. The van der Waals surface area contributed by atoms with E-state index in [0.29, 0.717) is 6.04 Å². The summed E-state index contributed by atoms with van der Waals surface area (Å²) < 4.78 is 0. The predicted molar refractivity (Wildman–Crippen MR) is 83.9 cm³/mol. The maximum absolute atomic E-state index is 10.7. The van der Waals surface area contributed by atoms with Gasteiger partial charge in [0.05, 0.1) is 0 Å². The second kappa shape index (κ2) is 8.55. The van der Waals surface area contributed by atoms with E-state index in [1.807, 2.05) is 24.3 Å². The summed E-state index contributed by atoms with van der Waals surface area (Å²) in [5.41, 5.74) is 7.00. The maximum Gasteiger partial charge on any atom is 0.316 e. The molecule has 5 nitrogen and oxygen atoms in total. The van der Waals surface area contributed by atoms with Crippen molar-refractivity contribution in [3.8, 4) is 0 Å². The van der Waals surface area contributed by atoms with Crippen LogP contribution >= 0.6 is 0 Å². The number of rotatable bonds is 8. The summed E-state index contributed by atoms with van der Waals surface area (Å²) in [5.74, 6) is 0. The molecule has 1 aromatic rings. The van der Waals surface area contributed by atoms with Crippen molar-refractivity contribution in [1.29, 1.82) is 0 Å². The van der Waals surface area contributed by atoms with Crippen molar-refractivity contribution in [2.75, 3.05) is 32.5 Å². The molecule has 0 fully saturated rings. The molecule has 0 spiro atoms. The summed E-state index contributed by atoms with van der Waals surface area (Å²) in [6, 6.07) is 7.50. The van der Waals surface area contributed by atoms with Crippen LogP contribution in [0.1, 0.15) is 31.4 Å². The third-order valence-electron chi connectivity index (χ3n) is 3.16. The number of hydrogen-bond donors (Lipinski definition) is 3. The molecule has 0 aromatic heterocycles. The van der Waals surface area contributed by atoms with Crippen LogP contribution in [0.2, 0.25) is 0 Å². The topological polar surface area (TPSA) is 70.4 Å². The van der Waals surface area contributed by atoms with Gasteiger partial charge in [0.15, 0.2) is 0 Å². The number of urea groups is 1. The Hall–Kier alpha value is -1.59. The Labute approximate surface area is 121 Å². The minimum absolute atomic E-state index is 0.303.